The van der Waals surface area contributed by atoms with Crippen LogP contribution in [0.15, 0.2) is 36.0 Å². The zero-order valence-corrected chi connectivity index (χ0v) is 13.5. The van der Waals surface area contributed by atoms with Gasteiger partial charge in [-0.25, -0.2) is 4.98 Å². The zero-order chi connectivity index (χ0) is 15.5. The van der Waals surface area contributed by atoms with E-state index in [1.54, 1.807) is 22.3 Å². The van der Waals surface area contributed by atoms with Crippen molar-refractivity contribution in [2.24, 2.45) is 0 Å². The highest BCUT2D eigenvalue weighted by molar-refractivity contribution is 7.09. The van der Waals surface area contributed by atoms with Gasteiger partial charge < -0.3 is 5.32 Å². The van der Waals surface area contributed by atoms with E-state index in [4.69, 9.17) is 4.98 Å². The van der Waals surface area contributed by atoms with Crippen LogP contribution >= 0.6 is 11.3 Å². The van der Waals surface area contributed by atoms with Crippen LogP contribution in [0.5, 0.6) is 0 Å². The number of rotatable bonds is 5. The molecule has 0 aliphatic heterocycles. The maximum atomic E-state index is 4.81. The maximum Gasteiger partial charge on any atom is 0.143 e. The van der Waals surface area contributed by atoms with Gasteiger partial charge in [0.05, 0.1) is 28.6 Å². The summed E-state index contributed by atoms with van der Waals surface area (Å²) in [6.07, 6.45) is 6.88. The average molecular weight is 326 g/mol. The molecule has 0 radical (unpaired) electrons. The highest BCUT2D eigenvalue weighted by atomic mass is 32.1. The van der Waals surface area contributed by atoms with Crippen molar-refractivity contribution >= 4 is 17.0 Å². The lowest BCUT2D eigenvalue weighted by Gasteiger charge is -2.10. The lowest BCUT2D eigenvalue weighted by Crippen LogP contribution is -2.05. The Labute approximate surface area is 138 Å². The summed E-state index contributed by atoms with van der Waals surface area (Å²) >= 11 is 1.80. The molecule has 1 saturated carbocycles. The van der Waals surface area contributed by atoms with Gasteiger partial charge >= 0.3 is 0 Å². The molecule has 0 saturated heterocycles. The third kappa shape index (κ3) is 3.10. The molecular formula is C16H18N6S. The van der Waals surface area contributed by atoms with Crippen molar-refractivity contribution in [1.29, 1.82) is 0 Å². The van der Waals surface area contributed by atoms with Crippen LogP contribution < -0.4 is 5.32 Å². The minimum Gasteiger partial charge on any atom is -0.378 e. The second kappa shape index (κ2) is 6.45. The van der Waals surface area contributed by atoms with Gasteiger partial charge in [0.15, 0.2) is 0 Å². The van der Waals surface area contributed by atoms with E-state index in [1.165, 1.54) is 30.7 Å². The summed E-state index contributed by atoms with van der Waals surface area (Å²) in [5.41, 5.74) is 3.03. The normalized spacial score (nSPS) is 15.1. The van der Waals surface area contributed by atoms with Gasteiger partial charge in [-0.2, -0.15) is 4.68 Å². The van der Waals surface area contributed by atoms with Crippen LogP contribution in [-0.2, 0) is 6.54 Å². The van der Waals surface area contributed by atoms with Gasteiger partial charge in [0.1, 0.15) is 6.33 Å². The Morgan fingerprint density at radius 2 is 2.09 bits per heavy atom. The van der Waals surface area contributed by atoms with Crippen LogP contribution in [0.2, 0.25) is 0 Å². The summed E-state index contributed by atoms with van der Waals surface area (Å²) in [4.78, 5) is 4.81. The zero-order valence-electron chi connectivity index (χ0n) is 12.7. The molecule has 0 bridgehead atoms. The molecule has 0 spiro atoms. The molecule has 6 nitrogen and oxygen atoms in total. The summed E-state index contributed by atoms with van der Waals surface area (Å²) in [5, 5.41) is 18.3. The molecule has 23 heavy (non-hydrogen) atoms. The van der Waals surface area contributed by atoms with Crippen LogP contribution in [0.3, 0.4) is 0 Å². The Hall–Kier alpha value is -2.28. The fraction of sp³-hybridized carbons (Fsp3) is 0.375. The lowest BCUT2D eigenvalue weighted by atomic mass is 10.1. The monoisotopic (exact) mass is 326 g/mol. The Morgan fingerprint density at radius 1 is 1.22 bits per heavy atom. The average Bonchev–Trinajstić information content (AvgIpc) is 3.35. The third-order valence-electron chi connectivity index (χ3n) is 4.23. The number of para-hydroxylation sites is 2. The van der Waals surface area contributed by atoms with Crippen molar-refractivity contribution in [3.63, 3.8) is 0 Å². The largest absolute Gasteiger partial charge is 0.378 e. The highest BCUT2D eigenvalue weighted by Gasteiger charge is 2.20. The van der Waals surface area contributed by atoms with Crippen molar-refractivity contribution < 1.29 is 0 Å². The number of nitrogens with zero attached hydrogens (tertiary/aromatic N) is 5. The number of tetrazole rings is 1. The topological polar surface area (TPSA) is 68.5 Å². The second-order valence-electron chi connectivity index (χ2n) is 5.78. The minimum absolute atomic E-state index is 0.683. The first-order valence-corrected chi connectivity index (χ1v) is 8.79. The smallest absolute Gasteiger partial charge is 0.143 e. The Bertz CT molecular complexity index is 760. The van der Waals surface area contributed by atoms with Crippen molar-refractivity contribution in [2.75, 3.05) is 5.32 Å². The second-order valence-corrected chi connectivity index (χ2v) is 6.67. The van der Waals surface area contributed by atoms with E-state index in [0.717, 1.165) is 17.1 Å². The van der Waals surface area contributed by atoms with E-state index in [9.17, 15) is 0 Å². The van der Waals surface area contributed by atoms with Crippen LogP contribution in [0.4, 0.5) is 5.69 Å². The summed E-state index contributed by atoms with van der Waals surface area (Å²) in [5.74, 6) is 0.683. The van der Waals surface area contributed by atoms with Crippen LogP contribution in [-0.4, -0.2) is 25.2 Å². The predicted octanol–water partition coefficient (Wildman–Crippen LogP) is 3.39. The molecule has 118 valence electrons. The molecule has 0 atom stereocenters. The molecule has 4 rings (SSSR count). The fourth-order valence-corrected chi connectivity index (χ4v) is 4.04. The molecule has 0 amide bonds. The van der Waals surface area contributed by atoms with Crippen molar-refractivity contribution in [3.05, 3.63) is 46.7 Å². The molecule has 1 fully saturated rings. The highest BCUT2D eigenvalue weighted by Crippen LogP contribution is 2.35. The number of anilines is 1. The molecule has 1 aliphatic carbocycles. The maximum absolute atomic E-state index is 4.81. The first kappa shape index (κ1) is 14.3. The summed E-state index contributed by atoms with van der Waals surface area (Å²) in [7, 11) is 0. The fourth-order valence-electron chi connectivity index (χ4n) is 3.04. The number of hydrogen-bond donors (Lipinski definition) is 1. The van der Waals surface area contributed by atoms with E-state index >= 15 is 0 Å². The summed E-state index contributed by atoms with van der Waals surface area (Å²) < 4.78 is 1.66. The number of hydrogen-bond acceptors (Lipinski definition) is 6. The summed E-state index contributed by atoms with van der Waals surface area (Å²) in [6, 6.07) is 8.00. The Balaban J connectivity index is 1.47. The Kier molecular flexibility index (Phi) is 4.02. The molecule has 2 aromatic heterocycles. The molecule has 3 aromatic rings. The molecule has 7 heteroatoms. The summed E-state index contributed by atoms with van der Waals surface area (Å²) in [6.45, 7) is 0.711. The lowest BCUT2D eigenvalue weighted by molar-refractivity contribution is 0.712. The van der Waals surface area contributed by atoms with Gasteiger partial charge in [-0.1, -0.05) is 25.0 Å². The number of benzene rings is 1. The molecule has 1 N–H and O–H groups in total. The standard InChI is InChI=1S/C16H18N6S/c1-2-6-12(5-1)16-19-13(10-23-16)9-17-14-7-3-4-8-15(14)22-11-18-20-21-22/h3-4,7-8,10-12,17H,1-2,5-6,9H2. The first-order valence-electron chi connectivity index (χ1n) is 7.91. The molecule has 2 heterocycles. The third-order valence-corrected chi connectivity index (χ3v) is 5.29. The quantitative estimate of drug-likeness (QED) is 0.778. The van der Waals surface area contributed by atoms with E-state index in [0.29, 0.717) is 12.5 Å². The molecule has 0 unspecified atom stereocenters. The van der Waals surface area contributed by atoms with Crippen molar-refractivity contribution in [2.45, 2.75) is 38.1 Å². The minimum atomic E-state index is 0.683. The van der Waals surface area contributed by atoms with Gasteiger partial charge in [0.25, 0.3) is 0 Å². The SMILES string of the molecule is c1ccc(-n2cnnn2)c(NCc2csc(C3CCCC3)n2)c1. The van der Waals surface area contributed by atoms with Crippen LogP contribution in [0, 0.1) is 0 Å². The van der Waals surface area contributed by atoms with Crippen molar-refractivity contribution in [3.8, 4) is 5.69 Å². The van der Waals surface area contributed by atoms with E-state index < -0.39 is 0 Å². The molecular weight excluding hydrogens is 308 g/mol. The van der Waals surface area contributed by atoms with Crippen LogP contribution in [0.1, 0.15) is 42.3 Å². The molecule has 1 aliphatic rings. The van der Waals surface area contributed by atoms with Gasteiger partial charge in [-0.3, -0.25) is 0 Å². The van der Waals surface area contributed by atoms with Crippen molar-refractivity contribution in [1.82, 2.24) is 25.2 Å². The molecule has 1 aromatic carbocycles. The Morgan fingerprint density at radius 3 is 2.91 bits per heavy atom. The van der Waals surface area contributed by atoms with E-state index in [2.05, 4.69) is 26.2 Å². The van der Waals surface area contributed by atoms with E-state index in [-0.39, 0.29) is 0 Å². The van der Waals surface area contributed by atoms with E-state index in [1.807, 2.05) is 24.3 Å². The van der Waals surface area contributed by atoms with Gasteiger partial charge in [0.2, 0.25) is 0 Å². The first-order chi connectivity index (χ1) is 11.4. The van der Waals surface area contributed by atoms with Gasteiger partial charge in [0, 0.05) is 11.3 Å². The number of aromatic nitrogens is 5. The van der Waals surface area contributed by atoms with Gasteiger partial charge in [-0.05, 0) is 35.4 Å². The van der Waals surface area contributed by atoms with Gasteiger partial charge in [-0.15, -0.1) is 16.4 Å². The predicted molar refractivity (Wildman–Crippen MR) is 89.8 cm³/mol. The number of thiazole rings is 1. The van der Waals surface area contributed by atoms with Crippen LogP contribution in [0.25, 0.3) is 5.69 Å². The number of nitrogens with one attached hydrogen (secondary N) is 1.